The van der Waals surface area contributed by atoms with Crippen LogP contribution in [0.4, 0.5) is 0 Å². The van der Waals surface area contributed by atoms with E-state index in [1.807, 2.05) is 0 Å². The van der Waals surface area contributed by atoms with E-state index >= 15 is 0 Å². The van der Waals surface area contributed by atoms with Crippen molar-refractivity contribution in [2.45, 2.75) is 69.5 Å². The monoisotopic (exact) mass is 279 g/mol. The van der Waals surface area contributed by atoms with Crippen LogP contribution in [0.15, 0.2) is 0 Å². The van der Waals surface area contributed by atoms with Gasteiger partial charge in [-0.1, -0.05) is 6.42 Å². The largest absolute Gasteiger partial charge is 0.355 e. The minimum absolute atomic E-state index is 0.273. The topological polar surface area (TPSA) is 44.4 Å². The fraction of sp³-hybridized carbons (Fsp3) is 0.938. The number of hydrogen-bond acceptors (Lipinski definition) is 3. The van der Waals surface area contributed by atoms with Gasteiger partial charge in [0.05, 0.1) is 0 Å². The third-order valence-corrected chi connectivity index (χ3v) is 5.50. The first-order valence-corrected chi connectivity index (χ1v) is 8.43. The summed E-state index contributed by atoms with van der Waals surface area (Å²) in [6, 6.07) is 1.93. The molecule has 4 nitrogen and oxygen atoms in total. The summed E-state index contributed by atoms with van der Waals surface area (Å²) >= 11 is 0. The molecular weight excluding hydrogens is 250 g/mol. The molecule has 0 aromatic rings. The molecule has 3 aliphatic heterocycles. The second kappa shape index (κ2) is 6.44. The van der Waals surface area contributed by atoms with E-state index in [0.29, 0.717) is 24.0 Å². The molecule has 3 aliphatic rings. The van der Waals surface area contributed by atoms with Crippen molar-refractivity contribution in [2.75, 3.05) is 20.1 Å². The van der Waals surface area contributed by atoms with E-state index in [-0.39, 0.29) is 5.91 Å². The number of nitrogens with zero attached hydrogens (tertiary/aromatic N) is 1. The Hall–Kier alpha value is -0.610. The van der Waals surface area contributed by atoms with Gasteiger partial charge in [-0.2, -0.15) is 0 Å². The number of likely N-dealkylation sites (N-methyl/N-ethyl adjacent to an activating group) is 1. The van der Waals surface area contributed by atoms with Gasteiger partial charge in [0.15, 0.2) is 0 Å². The first-order chi connectivity index (χ1) is 9.70. The molecule has 3 heterocycles. The smallest absolute Gasteiger partial charge is 0.220 e. The maximum absolute atomic E-state index is 12.1. The molecular formula is C16H29N3O. The van der Waals surface area contributed by atoms with Crippen molar-refractivity contribution in [1.82, 2.24) is 15.5 Å². The zero-order valence-corrected chi connectivity index (χ0v) is 12.7. The number of carbonyl (C=O) groups is 1. The van der Waals surface area contributed by atoms with Gasteiger partial charge in [-0.3, -0.25) is 4.79 Å². The van der Waals surface area contributed by atoms with Gasteiger partial charge in [0.25, 0.3) is 0 Å². The molecule has 3 saturated heterocycles. The number of rotatable bonds is 4. The summed E-state index contributed by atoms with van der Waals surface area (Å²) in [7, 11) is 2.18. The highest BCUT2D eigenvalue weighted by Gasteiger charge is 2.34. The lowest BCUT2D eigenvalue weighted by Crippen LogP contribution is -2.45. The minimum Gasteiger partial charge on any atom is -0.355 e. The van der Waals surface area contributed by atoms with Gasteiger partial charge < -0.3 is 15.5 Å². The molecule has 0 aliphatic carbocycles. The van der Waals surface area contributed by atoms with Crippen LogP contribution in [-0.4, -0.2) is 49.1 Å². The van der Waals surface area contributed by atoms with Gasteiger partial charge in [-0.15, -0.1) is 0 Å². The second-order valence-electron chi connectivity index (χ2n) is 7.11. The van der Waals surface area contributed by atoms with E-state index < -0.39 is 0 Å². The van der Waals surface area contributed by atoms with Crippen LogP contribution in [0.3, 0.4) is 0 Å². The summed E-state index contributed by atoms with van der Waals surface area (Å²) < 4.78 is 0. The molecule has 0 saturated carbocycles. The molecule has 2 bridgehead atoms. The molecule has 4 heteroatoms. The van der Waals surface area contributed by atoms with E-state index in [4.69, 9.17) is 0 Å². The summed E-state index contributed by atoms with van der Waals surface area (Å²) in [5.74, 6) is 0.883. The van der Waals surface area contributed by atoms with Crippen LogP contribution < -0.4 is 10.6 Å². The van der Waals surface area contributed by atoms with Crippen LogP contribution >= 0.6 is 0 Å². The Morgan fingerprint density at radius 1 is 1.20 bits per heavy atom. The number of nitrogens with one attached hydrogen (secondary N) is 2. The molecule has 20 heavy (non-hydrogen) atoms. The summed E-state index contributed by atoms with van der Waals surface area (Å²) in [6.45, 7) is 2.02. The number of carbonyl (C=O) groups excluding carboxylic acids is 1. The van der Waals surface area contributed by atoms with Crippen LogP contribution in [0, 0.1) is 5.92 Å². The Morgan fingerprint density at radius 2 is 1.95 bits per heavy atom. The Balaban J connectivity index is 1.39. The molecule has 0 radical (unpaired) electrons. The summed E-state index contributed by atoms with van der Waals surface area (Å²) in [5, 5.41) is 6.82. The van der Waals surface area contributed by atoms with Crippen LogP contribution in [0.25, 0.3) is 0 Å². The van der Waals surface area contributed by atoms with Gasteiger partial charge in [-0.25, -0.2) is 0 Å². The summed E-state index contributed by atoms with van der Waals surface area (Å²) in [5.41, 5.74) is 0. The van der Waals surface area contributed by atoms with Crippen molar-refractivity contribution in [3.63, 3.8) is 0 Å². The predicted octanol–water partition coefficient (Wildman–Crippen LogP) is 1.51. The highest BCUT2D eigenvalue weighted by molar-refractivity contribution is 5.76. The third kappa shape index (κ3) is 3.53. The van der Waals surface area contributed by atoms with Crippen LogP contribution in [0.1, 0.15) is 51.4 Å². The van der Waals surface area contributed by atoms with Crippen LogP contribution in [0.2, 0.25) is 0 Å². The fourth-order valence-corrected chi connectivity index (χ4v) is 4.31. The fourth-order valence-electron chi connectivity index (χ4n) is 4.31. The number of likely N-dealkylation sites (tertiary alicyclic amines) is 1. The normalized spacial score (nSPS) is 37.9. The number of piperidine rings is 2. The van der Waals surface area contributed by atoms with Gasteiger partial charge >= 0.3 is 0 Å². The van der Waals surface area contributed by atoms with Crippen LogP contribution in [0.5, 0.6) is 0 Å². The standard InChI is InChI=1S/C16H29N3O/c1-19-7-3-2-4-15(19)11-17-16(20)10-12-8-13-5-6-14(9-12)18-13/h12-15,18H,2-11H2,1H3,(H,17,20). The van der Waals surface area contributed by atoms with Gasteiger partial charge in [-0.05, 0) is 58.0 Å². The second-order valence-corrected chi connectivity index (χ2v) is 7.11. The van der Waals surface area contributed by atoms with Gasteiger partial charge in [0, 0.05) is 31.1 Å². The van der Waals surface area contributed by atoms with Crippen LogP contribution in [-0.2, 0) is 4.79 Å². The first kappa shape index (κ1) is 14.3. The quantitative estimate of drug-likeness (QED) is 0.820. The lowest BCUT2D eigenvalue weighted by Gasteiger charge is -2.33. The first-order valence-electron chi connectivity index (χ1n) is 8.43. The van der Waals surface area contributed by atoms with Crippen molar-refractivity contribution in [2.24, 2.45) is 5.92 Å². The summed E-state index contributed by atoms with van der Waals surface area (Å²) in [6.07, 6.45) is 9.62. The Labute approximate surface area is 122 Å². The predicted molar refractivity (Wildman–Crippen MR) is 80.6 cm³/mol. The molecule has 0 spiro atoms. The molecule has 3 rings (SSSR count). The zero-order valence-electron chi connectivity index (χ0n) is 12.7. The van der Waals surface area contributed by atoms with Gasteiger partial charge in [0.1, 0.15) is 0 Å². The van der Waals surface area contributed by atoms with Crippen molar-refractivity contribution >= 4 is 5.91 Å². The maximum atomic E-state index is 12.1. The average molecular weight is 279 g/mol. The Kier molecular flexibility index (Phi) is 4.61. The van der Waals surface area contributed by atoms with Crippen molar-refractivity contribution in [3.8, 4) is 0 Å². The number of hydrogen-bond donors (Lipinski definition) is 2. The average Bonchev–Trinajstić information content (AvgIpc) is 2.77. The molecule has 1 amide bonds. The van der Waals surface area contributed by atoms with Gasteiger partial charge in [0.2, 0.25) is 5.91 Å². The SMILES string of the molecule is CN1CCCCC1CNC(=O)CC1CC2CCC(C1)N2. The van der Waals surface area contributed by atoms with E-state index in [2.05, 4.69) is 22.6 Å². The third-order valence-electron chi connectivity index (χ3n) is 5.50. The van der Waals surface area contributed by atoms with Crippen molar-refractivity contribution < 1.29 is 4.79 Å². The molecule has 114 valence electrons. The molecule has 3 fully saturated rings. The lowest BCUT2D eigenvalue weighted by atomic mass is 9.89. The number of fused-ring (bicyclic) bond motifs is 2. The molecule has 0 aromatic carbocycles. The van der Waals surface area contributed by atoms with E-state index in [1.165, 1.54) is 51.5 Å². The Morgan fingerprint density at radius 3 is 2.65 bits per heavy atom. The van der Waals surface area contributed by atoms with E-state index in [1.54, 1.807) is 0 Å². The van der Waals surface area contributed by atoms with Crippen molar-refractivity contribution in [1.29, 1.82) is 0 Å². The van der Waals surface area contributed by atoms with E-state index in [9.17, 15) is 4.79 Å². The molecule has 3 atom stereocenters. The highest BCUT2D eigenvalue weighted by Crippen LogP contribution is 2.32. The summed E-state index contributed by atoms with van der Waals surface area (Å²) in [4.78, 5) is 14.5. The molecule has 2 N–H and O–H groups in total. The molecule has 0 aromatic heterocycles. The Bertz CT molecular complexity index is 335. The number of amides is 1. The lowest BCUT2D eigenvalue weighted by molar-refractivity contribution is -0.122. The van der Waals surface area contributed by atoms with E-state index in [0.717, 1.165) is 13.0 Å². The molecule has 3 unspecified atom stereocenters. The highest BCUT2D eigenvalue weighted by atomic mass is 16.1. The van der Waals surface area contributed by atoms with Crippen molar-refractivity contribution in [3.05, 3.63) is 0 Å². The maximum Gasteiger partial charge on any atom is 0.220 e. The minimum atomic E-state index is 0.273. The zero-order chi connectivity index (χ0) is 13.9.